The second-order valence-electron chi connectivity index (χ2n) is 8.62. The van der Waals surface area contributed by atoms with E-state index >= 15 is 0 Å². The smallest absolute Gasteiger partial charge is 0.222 e. The predicted molar refractivity (Wildman–Crippen MR) is 122 cm³/mol. The number of rotatable bonds is 5. The molecule has 0 aliphatic carbocycles. The maximum Gasteiger partial charge on any atom is 0.222 e. The molecule has 4 rings (SSSR count). The first-order valence-corrected chi connectivity index (χ1v) is 11.4. The van der Waals surface area contributed by atoms with Crippen LogP contribution in [0.2, 0.25) is 0 Å². The molecule has 0 atom stereocenters. The van der Waals surface area contributed by atoms with Gasteiger partial charge in [-0.2, -0.15) is 0 Å². The van der Waals surface area contributed by atoms with Gasteiger partial charge in [0.1, 0.15) is 0 Å². The fourth-order valence-electron chi connectivity index (χ4n) is 4.57. The lowest BCUT2D eigenvalue weighted by Gasteiger charge is -2.32. The summed E-state index contributed by atoms with van der Waals surface area (Å²) in [6, 6.07) is 18.7. The number of benzene rings is 2. The highest BCUT2D eigenvalue weighted by atomic mass is 16.2. The topological polar surface area (TPSA) is 23.6 Å². The molecule has 2 aliphatic heterocycles. The standard InChI is InChI=1S/C27H32N2O/c30-27(29-18-6-7-19-29)15-13-24-16-20-28(21-17-24)22-26-11-5-4-10-25(26)14-12-23-8-2-1-3-9-23/h1-5,8-11,24H,6-7,13,15-22H2. The molecule has 0 saturated carbocycles. The molecule has 2 fully saturated rings. The molecule has 1 amide bonds. The monoisotopic (exact) mass is 400 g/mol. The Morgan fingerprint density at radius 3 is 2.33 bits per heavy atom. The second-order valence-corrected chi connectivity index (χ2v) is 8.62. The predicted octanol–water partition coefficient (Wildman–Crippen LogP) is 4.70. The number of likely N-dealkylation sites (tertiary alicyclic amines) is 2. The first kappa shape index (κ1) is 20.7. The summed E-state index contributed by atoms with van der Waals surface area (Å²) in [6.45, 7) is 5.14. The van der Waals surface area contributed by atoms with Gasteiger partial charge in [-0.15, -0.1) is 0 Å². The highest BCUT2D eigenvalue weighted by molar-refractivity contribution is 5.76. The van der Waals surface area contributed by atoms with E-state index in [0.29, 0.717) is 11.8 Å². The molecule has 3 nitrogen and oxygen atoms in total. The highest BCUT2D eigenvalue weighted by Crippen LogP contribution is 2.24. The van der Waals surface area contributed by atoms with Crippen molar-refractivity contribution in [2.75, 3.05) is 26.2 Å². The molecule has 0 bridgehead atoms. The number of hydrogen-bond donors (Lipinski definition) is 0. The molecular weight excluding hydrogens is 368 g/mol. The lowest BCUT2D eigenvalue weighted by molar-refractivity contribution is -0.130. The lowest BCUT2D eigenvalue weighted by atomic mass is 9.91. The molecular formula is C27H32N2O. The lowest BCUT2D eigenvalue weighted by Crippen LogP contribution is -2.34. The van der Waals surface area contributed by atoms with E-state index in [0.717, 1.165) is 56.7 Å². The zero-order valence-electron chi connectivity index (χ0n) is 17.9. The first-order valence-electron chi connectivity index (χ1n) is 11.4. The minimum atomic E-state index is 0.376. The van der Waals surface area contributed by atoms with Gasteiger partial charge in [0.25, 0.3) is 0 Å². The van der Waals surface area contributed by atoms with Crippen molar-refractivity contribution in [2.45, 2.75) is 45.1 Å². The largest absolute Gasteiger partial charge is 0.343 e. The molecule has 0 spiro atoms. The quantitative estimate of drug-likeness (QED) is 0.679. The van der Waals surface area contributed by atoms with Crippen molar-refractivity contribution in [1.29, 1.82) is 0 Å². The third-order valence-corrected chi connectivity index (χ3v) is 6.46. The van der Waals surface area contributed by atoms with E-state index in [2.05, 4.69) is 58.0 Å². The van der Waals surface area contributed by atoms with Gasteiger partial charge in [-0.05, 0) is 74.9 Å². The zero-order valence-corrected chi connectivity index (χ0v) is 17.9. The van der Waals surface area contributed by atoms with Gasteiger partial charge < -0.3 is 4.90 Å². The van der Waals surface area contributed by atoms with Gasteiger partial charge >= 0.3 is 0 Å². The van der Waals surface area contributed by atoms with E-state index in [1.54, 1.807) is 0 Å². The fourth-order valence-corrected chi connectivity index (χ4v) is 4.57. The van der Waals surface area contributed by atoms with Gasteiger partial charge in [0, 0.05) is 37.2 Å². The molecule has 3 heteroatoms. The molecule has 30 heavy (non-hydrogen) atoms. The first-order chi connectivity index (χ1) is 14.8. The van der Waals surface area contributed by atoms with Crippen LogP contribution in [0.3, 0.4) is 0 Å². The minimum absolute atomic E-state index is 0.376. The van der Waals surface area contributed by atoms with E-state index < -0.39 is 0 Å². The summed E-state index contributed by atoms with van der Waals surface area (Å²) in [7, 11) is 0. The Labute approximate surface area is 181 Å². The summed E-state index contributed by atoms with van der Waals surface area (Å²) >= 11 is 0. The average molecular weight is 401 g/mol. The molecule has 2 saturated heterocycles. The van der Waals surface area contributed by atoms with Gasteiger partial charge in [0.15, 0.2) is 0 Å². The van der Waals surface area contributed by atoms with Crippen LogP contribution in [0.1, 0.15) is 55.2 Å². The Hall–Kier alpha value is -2.57. The van der Waals surface area contributed by atoms with Crippen LogP contribution in [0.25, 0.3) is 0 Å². The Bertz CT molecular complexity index is 882. The number of amides is 1. The van der Waals surface area contributed by atoms with Crippen LogP contribution in [0.5, 0.6) is 0 Å². The summed E-state index contributed by atoms with van der Waals surface area (Å²) in [5.41, 5.74) is 3.49. The summed E-state index contributed by atoms with van der Waals surface area (Å²) in [5, 5.41) is 0. The summed E-state index contributed by atoms with van der Waals surface area (Å²) in [6.07, 6.45) is 6.56. The molecule has 2 aromatic carbocycles. The minimum Gasteiger partial charge on any atom is -0.343 e. The third kappa shape index (κ3) is 5.74. The van der Waals surface area contributed by atoms with Crippen molar-refractivity contribution in [1.82, 2.24) is 9.80 Å². The van der Waals surface area contributed by atoms with E-state index in [1.807, 2.05) is 18.2 Å². The van der Waals surface area contributed by atoms with Crippen molar-refractivity contribution in [3.8, 4) is 11.8 Å². The summed E-state index contributed by atoms with van der Waals surface area (Å²) in [5.74, 6) is 7.73. The van der Waals surface area contributed by atoms with Gasteiger partial charge in [-0.1, -0.05) is 48.2 Å². The van der Waals surface area contributed by atoms with Crippen LogP contribution in [0.15, 0.2) is 54.6 Å². The Morgan fingerprint density at radius 2 is 1.57 bits per heavy atom. The van der Waals surface area contributed by atoms with Gasteiger partial charge in [0.05, 0.1) is 0 Å². The van der Waals surface area contributed by atoms with E-state index in [4.69, 9.17) is 0 Å². The van der Waals surface area contributed by atoms with Gasteiger partial charge in [-0.25, -0.2) is 0 Å². The number of hydrogen-bond acceptors (Lipinski definition) is 2. The van der Waals surface area contributed by atoms with E-state index in [1.165, 1.54) is 31.2 Å². The second kappa shape index (κ2) is 10.5. The molecule has 0 radical (unpaired) electrons. The Morgan fingerprint density at radius 1 is 0.867 bits per heavy atom. The molecule has 0 N–H and O–H groups in total. The van der Waals surface area contributed by atoms with Crippen molar-refractivity contribution in [2.24, 2.45) is 5.92 Å². The number of carbonyl (C=O) groups is 1. The molecule has 2 heterocycles. The zero-order chi connectivity index (χ0) is 20.6. The Balaban J connectivity index is 1.27. The van der Waals surface area contributed by atoms with Gasteiger partial charge in [-0.3, -0.25) is 9.69 Å². The molecule has 156 valence electrons. The molecule has 0 unspecified atom stereocenters. The Kier molecular flexibility index (Phi) is 7.21. The van der Waals surface area contributed by atoms with E-state index in [-0.39, 0.29) is 0 Å². The van der Waals surface area contributed by atoms with Crippen LogP contribution in [0, 0.1) is 17.8 Å². The highest BCUT2D eigenvalue weighted by Gasteiger charge is 2.23. The molecule has 2 aliphatic rings. The van der Waals surface area contributed by atoms with Crippen LogP contribution in [-0.2, 0) is 11.3 Å². The van der Waals surface area contributed by atoms with Crippen molar-refractivity contribution < 1.29 is 4.79 Å². The van der Waals surface area contributed by atoms with Gasteiger partial charge in [0.2, 0.25) is 5.91 Å². The fraction of sp³-hybridized carbons (Fsp3) is 0.444. The third-order valence-electron chi connectivity index (χ3n) is 6.46. The maximum absolute atomic E-state index is 12.3. The summed E-state index contributed by atoms with van der Waals surface area (Å²) in [4.78, 5) is 16.9. The van der Waals surface area contributed by atoms with Crippen LogP contribution < -0.4 is 0 Å². The number of nitrogens with zero attached hydrogens (tertiary/aromatic N) is 2. The van der Waals surface area contributed by atoms with Crippen molar-refractivity contribution >= 4 is 5.91 Å². The maximum atomic E-state index is 12.3. The van der Waals surface area contributed by atoms with Crippen molar-refractivity contribution in [3.05, 3.63) is 71.3 Å². The molecule has 0 aromatic heterocycles. The summed E-state index contributed by atoms with van der Waals surface area (Å²) < 4.78 is 0. The number of piperidine rings is 1. The van der Waals surface area contributed by atoms with Crippen LogP contribution >= 0.6 is 0 Å². The SMILES string of the molecule is O=C(CCC1CCN(Cc2ccccc2C#Cc2ccccc2)CC1)N1CCCC1. The molecule has 2 aromatic rings. The van der Waals surface area contributed by atoms with Crippen LogP contribution in [0.4, 0.5) is 0 Å². The number of carbonyl (C=O) groups excluding carboxylic acids is 1. The van der Waals surface area contributed by atoms with Crippen LogP contribution in [-0.4, -0.2) is 41.9 Å². The van der Waals surface area contributed by atoms with E-state index in [9.17, 15) is 4.79 Å². The average Bonchev–Trinajstić information content (AvgIpc) is 3.34. The normalized spacial score (nSPS) is 17.5. The van der Waals surface area contributed by atoms with Crippen molar-refractivity contribution in [3.63, 3.8) is 0 Å².